The lowest BCUT2D eigenvalue weighted by Gasteiger charge is -2.29. The van der Waals surface area contributed by atoms with Crippen LogP contribution in [-0.4, -0.2) is 44.6 Å². The second-order valence-electron chi connectivity index (χ2n) is 11.2. The first kappa shape index (κ1) is 28.1. The van der Waals surface area contributed by atoms with Gasteiger partial charge in [-0.05, 0) is 113 Å². The van der Waals surface area contributed by atoms with Crippen molar-refractivity contribution in [2.75, 3.05) is 25.5 Å². The number of nitrogens with zero attached hydrogens (tertiary/aromatic N) is 5. The van der Waals surface area contributed by atoms with Crippen molar-refractivity contribution in [1.82, 2.24) is 24.4 Å². The lowest BCUT2D eigenvalue weighted by Crippen LogP contribution is -2.29. The average molecular weight is 579 g/mol. The molecule has 0 spiro atoms. The van der Waals surface area contributed by atoms with Gasteiger partial charge in [-0.1, -0.05) is 29.8 Å². The molecule has 0 atom stereocenters. The molecule has 0 unspecified atom stereocenters. The molecule has 0 bridgehead atoms. The number of nitrogens with one attached hydrogen (secondary N) is 1. The molecule has 0 saturated carbocycles. The average Bonchev–Trinajstić information content (AvgIpc) is 2.99. The molecule has 7 nitrogen and oxygen atoms in total. The molecule has 2 aromatic carbocycles. The van der Waals surface area contributed by atoms with Gasteiger partial charge in [0.05, 0.1) is 0 Å². The van der Waals surface area contributed by atoms with Crippen molar-refractivity contribution in [3.63, 3.8) is 0 Å². The maximum atomic E-state index is 13.8. The molecule has 0 radical (unpaired) electrons. The van der Waals surface area contributed by atoms with Crippen molar-refractivity contribution < 1.29 is 0 Å². The zero-order valence-electron chi connectivity index (χ0n) is 24.5. The Kier molecular flexibility index (Phi) is 7.80. The molecule has 1 fully saturated rings. The molecule has 3 aromatic heterocycles. The molecule has 0 aliphatic carbocycles. The van der Waals surface area contributed by atoms with Gasteiger partial charge < -0.3 is 10.2 Å². The van der Waals surface area contributed by atoms with Crippen molar-refractivity contribution in [2.45, 2.75) is 46.1 Å². The number of fused-ring (bicyclic) bond motifs is 1. The molecular formula is C34H35ClN6O. The Morgan fingerprint density at radius 3 is 2.43 bits per heavy atom. The predicted octanol–water partition coefficient (Wildman–Crippen LogP) is 7.36. The van der Waals surface area contributed by atoms with E-state index in [0.29, 0.717) is 40.2 Å². The van der Waals surface area contributed by atoms with E-state index in [1.807, 2.05) is 51.1 Å². The number of hydrogen-bond donors (Lipinski definition) is 1. The summed E-state index contributed by atoms with van der Waals surface area (Å²) in [5.74, 6) is 1.06. The first-order chi connectivity index (χ1) is 20.3. The lowest BCUT2D eigenvalue weighted by molar-refractivity contribution is 0.255. The van der Waals surface area contributed by atoms with Crippen LogP contribution >= 0.6 is 11.6 Å². The molecule has 1 aliphatic heterocycles. The van der Waals surface area contributed by atoms with Crippen LogP contribution in [0.3, 0.4) is 0 Å². The molecule has 5 aromatic rings. The highest BCUT2D eigenvalue weighted by atomic mass is 35.5. The monoisotopic (exact) mass is 578 g/mol. The van der Waals surface area contributed by atoms with Crippen molar-refractivity contribution in [3.8, 4) is 22.3 Å². The van der Waals surface area contributed by atoms with Gasteiger partial charge in [0.1, 0.15) is 5.65 Å². The summed E-state index contributed by atoms with van der Waals surface area (Å²) in [5.41, 5.74) is 7.94. The summed E-state index contributed by atoms with van der Waals surface area (Å²) in [4.78, 5) is 29.9. The fraction of sp³-hybridized carbons (Fsp3) is 0.294. The highest BCUT2D eigenvalue weighted by Crippen LogP contribution is 2.35. The Morgan fingerprint density at radius 2 is 1.71 bits per heavy atom. The maximum absolute atomic E-state index is 13.8. The molecule has 1 saturated heterocycles. The minimum absolute atomic E-state index is 0.135. The van der Waals surface area contributed by atoms with Gasteiger partial charge in [0, 0.05) is 57.4 Å². The number of likely N-dealkylation sites (tertiary alicyclic amines) is 1. The number of anilines is 2. The standard InChI is InChI=1S/C34H35ClN6O/c1-5-41-32-25(20-37-34(39-32)38-26-10-8-23(9-11-26)24-12-15-40(4)16-13-24)18-30(33(41)42)29-17-21(2)28(19-31(29)35)27-7-6-14-36-22(27)3/h6-11,14,17-20,24H,5,12-13,15-16H2,1-4H3,(H,37,38,39). The topological polar surface area (TPSA) is 75.9 Å². The zero-order chi connectivity index (χ0) is 29.4. The SMILES string of the molecule is CCn1c(=O)c(-c2cc(C)c(-c3cccnc3C)cc2Cl)cc2cnc(Nc3ccc(C4CCN(C)CC4)cc3)nc21. The first-order valence-corrected chi connectivity index (χ1v) is 14.9. The molecule has 42 heavy (non-hydrogen) atoms. The van der Waals surface area contributed by atoms with E-state index in [0.717, 1.165) is 46.5 Å². The van der Waals surface area contributed by atoms with Gasteiger partial charge in [0.25, 0.3) is 5.56 Å². The van der Waals surface area contributed by atoms with Gasteiger partial charge in [-0.25, -0.2) is 4.98 Å². The summed E-state index contributed by atoms with van der Waals surface area (Å²) in [6, 6.07) is 18.3. The second-order valence-corrected chi connectivity index (χ2v) is 11.6. The van der Waals surface area contributed by atoms with E-state index in [-0.39, 0.29) is 5.56 Å². The summed E-state index contributed by atoms with van der Waals surface area (Å²) in [7, 11) is 2.18. The molecular weight excluding hydrogens is 544 g/mol. The number of hydrogen-bond acceptors (Lipinski definition) is 6. The smallest absolute Gasteiger partial charge is 0.260 e. The van der Waals surface area contributed by atoms with E-state index in [9.17, 15) is 4.79 Å². The third kappa shape index (κ3) is 5.42. The van der Waals surface area contributed by atoms with Crippen molar-refractivity contribution in [2.24, 2.45) is 0 Å². The summed E-state index contributed by atoms with van der Waals surface area (Å²) in [6.07, 6.45) is 5.92. The van der Waals surface area contributed by atoms with Crippen LogP contribution in [0, 0.1) is 13.8 Å². The summed E-state index contributed by atoms with van der Waals surface area (Å²) in [6.45, 7) is 8.70. The minimum atomic E-state index is -0.135. The van der Waals surface area contributed by atoms with Crippen LogP contribution in [0.2, 0.25) is 5.02 Å². The van der Waals surface area contributed by atoms with Gasteiger partial charge in [-0.15, -0.1) is 0 Å². The molecule has 1 N–H and O–H groups in total. The van der Waals surface area contributed by atoms with E-state index in [1.54, 1.807) is 17.0 Å². The van der Waals surface area contributed by atoms with E-state index in [4.69, 9.17) is 16.6 Å². The quantitative estimate of drug-likeness (QED) is 0.227. The van der Waals surface area contributed by atoms with Crippen LogP contribution < -0.4 is 10.9 Å². The van der Waals surface area contributed by atoms with Gasteiger partial charge in [-0.2, -0.15) is 4.98 Å². The van der Waals surface area contributed by atoms with E-state index in [1.165, 1.54) is 18.4 Å². The van der Waals surface area contributed by atoms with Crippen molar-refractivity contribution >= 4 is 34.3 Å². The van der Waals surface area contributed by atoms with Crippen molar-refractivity contribution in [3.05, 3.63) is 99.2 Å². The molecule has 4 heterocycles. The Labute approximate surface area is 251 Å². The van der Waals surface area contributed by atoms with Crippen LogP contribution in [-0.2, 0) is 6.54 Å². The normalized spacial score (nSPS) is 14.4. The Hall–Kier alpha value is -4.07. The molecule has 1 aliphatic rings. The van der Waals surface area contributed by atoms with E-state index >= 15 is 0 Å². The minimum Gasteiger partial charge on any atom is -0.324 e. The second kappa shape index (κ2) is 11.7. The van der Waals surface area contributed by atoms with Crippen LogP contribution in [0.4, 0.5) is 11.6 Å². The highest BCUT2D eigenvalue weighted by Gasteiger charge is 2.19. The van der Waals surface area contributed by atoms with Crippen LogP contribution in [0.15, 0.2) is 71.8 Å². The zero-order valence-corrected chi connectivity index (χ0v) is 25.2. The number of benzene rings is 2. The Morgan fingerprint density at radius 1 is 0.952 bits per heavy atom. The summed E-state index contributed by atoms with van der Waals surface area (Å²) >= 11 is 6.83. The summed E-state index contributed by atoms with van der Waals surface area (Å²) in [5, 5.41) is 4.61. The van der Waals surface area contributed by atoms with Gasteiger partial charge in [-0.3, -0.25) is 14.3 Å². The fourth-order valence-corrected chi connectivity index (χ4v) is 6.23. The third-order valence-electron chi connectivity index (χ3n) is 8.40. The molecule has 6 rings (SSSR count). The number of pyridine rings is 2. The van der Waals surface area contributed by atoms with Crippen LogP contribution in [0.25, 0.3) is 33.3 Å². The Bertz CT molecular complexity index is 1820. The fourth-order valence-electron chi connectivity index (χ4n) is 5.96. The van der Waals surface area contributed by atoms with Gasteiger partial charge in [0.15, 0.2) is 0 Å². The van der Waals surface area contributed by atoms with E-state index < -0.39 is 0 Å². The van der Waals surface area contributed by atoms with Crippen LogP contribution in [0.1, 0.15) is 42.5 Å². The lowest BCUT2D eigenvalue weighted by atomic mass is 9.89. The molecule has 8 heteroatoms. The molecule has 214 valence electrons. The van der Waals surface area contributed by atoms with Gasteiger partial charge >= 0.3 is 0 Å². The number of aromatic nitrogens is 4. The van der Waals surface area contributed by atoms with Crippen molar-refractivity contribution in [1.29, 1.82) is 0 Å². The largest absolute Gasteiger partial charge is 0.324 e. The van der Waals surface area contributed by atoms with Crippen LogP contribution in [0.5, 0.6) is 0 Å². The molecule has 0 amide bonds. The van der Waals surface area contributed by atoms with E-state index in [2.05, 4.69) is 51.5 Å². The number of halogens is 1. The Balaban J connectivity index is 1.31. The number of piperidine rings is 1. The number of aryl methyl sites for hydroxylation is 3. The van der Waals surface area contributed by atoms with Gasteiger partial charge in [0.2, 0.25) is 5.95 Å². The third-order valence-corrected chi connectivity index (χ3v) is 8.71. The summed E-state index contributed by atoms with van der Waals surface area (Å²) < 4.78 is 1.69. The highest BCUT2D eigenvalue weighted by molar-refractivity contribution is 6.33. The first-order valence-electron chi connectivity index (χ1n) is 14.5. The maximum Gasteiger partial charge on any atom is 0.260 e. The predicted molar refractivity (Wildman–Crippen MR) is 172 cm³/mol. The number of rotatable bonds is 6.